The van der Waals surface area contributed by atoms with E-state index in [0.29, 0.717) is 17.9 Å². The average Bonchev–Trinajstić information content (AvgIpc) is 2.44. The minimum Gasteiger partial charge on any atom is -0.493 e. The van der Waals surface area contributed by atoms with Gasteiger partial charge in [0.25, 0.3) is 0 Å². The van der Waals surface area contributed by atoms with Crippen LogP contribution in [-0.2, 0) is 6.42 Å². The van der Waals surface area contributed by atoms with Gasteiger partial charge in [0, 0.05) is 11.6 Å². The van der Waals surface area contributed by atoms with Crippen LogP contribution in [-0.4, -0.2) is 6.61 Å². The van der Waals surface area contributed by atoms with Crippen LogP contribution in [0.1, 0.15) is 30.5 Å². The SMILES string of the molecule is C[C@H](N)c1c(F)cccc1OCCCc1ccccc1. The normalized spacial score (nSPS) is 12.2. The van der Waals surface area contributed by atoms with Crippen LogP contribution >= 0.6 is 0 Å². The molecule has 106 valence electrons. The molecule has 3 heteroatoms. The molecule has 0 aliphatic carbocycles. The van der Waals surface area contributed by atoms with Crippen LogP contribution in [0.4, 0.5) is 4.39 Å². The maximum Gasteiger partial charge on any atom is 0.131 e. The van der Waals surface area contributed by atoms with E-state index in [9.17, 15) is 4.39 Å². The molecular formula is C17H20FNO. The van der Waals surface area contributed by atoms with Gasteiger partial charge in [0.1, 0.15) is 11.6 Å². The largest absolute Gasteiger partial charge is 0.493 e. The van der Waals surface area contributed by atoms with Gasteiger partial charge in [-0.3, -0.25) is 0 Å². The molecule has 2 aromatic rings. The van der Waals surface area contributed by atoms with Crippen molar-refractivity contribution >= 4 is 0 Å². The Hall–Kier alpha value is -1.87. The predicted octanol–water partition coefficient (Wildman–Crippen LogP) is 3.86. The van der Waals surface area contributed by atoms with Gasteiger partial charge in [-0.1, -0.05) is 36.4 Å². The van der Waals surface area contributed by atoms with E-state index >= 15 is 0 Å². The Morgan fingerprint density at radius 1 is 1.10 bits per heavy atom. The quantitative estimate of drug-likeness (QED) is 0.811. The molecule has 0 spiro atoms. The molecule has 0 radical (unpaired) electrons. The number of nitrogens with two attached hydrogens (primary N) is 1. The molecule has 0 bridgehead atoms. The van der Waals surface area contributed by atoms with E-state index in [1.165, 1.54) is 11.6 Å². The van der Waals surface area contributed by atoms with Crippen molar-refractivity contribution in [3.05, 3.63) is 65.5 Å². The monoisotopic (exact) mass is 273 g/mol. The molecule has 2 N–H and O–H groups in total. The Labute approximate surface area is 119 Å². The van der Waals surface area contributed by atoms with Gasteiger partial charge in [-0.05, 0) is 37.5 Å². The topological polar surface area (TPSA) is 35.2 Å². The third-order valence-corrected chi connectivity index (χ3v) is 3.18. The summed E-state index contributed by atoms with van der Waals surface area (Å²) in [5.74, 6) is 0.244. The van der Waals surface area contributed by atoms with Crippen LogP contribution in [0.25, 0.3) is 0 Å². The van der Waals surface area contributed by atoms with Crippen molar-refractivity contribution in [2.75, 3.05) is 6.61 Å². The molecule has 0 aromatic heterocycles. The van der Waals surface area contributed by atoms with Gasteiger partial charge in [-0.15, -0.1) is 0 Å². The Balaban J connectivity index is 1.90. The fraction of sp³-hybridized carbons (Fsp3) is 0.294. The zero-order valence-corrected chi connectivity index (χ0v) is 11.7. The van der Waals surface area contributed by atoms with Gasteiger partial charge < -0.3 is 10.5 Å². The highest BCUT2D eigenvalue weighted by atomic mass is 19.1. The smallest absolute Gasteiger partial charge is 0.131 e. The molecule has 0 unspecified atom stereocenters. The fourth-order valence-corrected chi connectivity index (χ4v) is 2.19. The second-order valence-electron chi connectivity index (χ2n) is 4.88. The lowest BCUT2D eigenvalue weighted by atomic mass is 10.1. The minimum atomic E-state index is -0.375. The summed E-state index contributed by atoms with van der Waals surface area (Å²) in [5, 5.41) is 0. The Bertz CT molecular complexity index is 540. The van der Waals surface area contributed by atoms with E-state index in [2.05, 4.69) is 12.1 Å². The lowest BCUT2D eigenvalue weighted by molar-refractivity contribution is 0.304. The van der Waals surface area contributed by atoms with Crippen molar-refractivity contribution in [2.24, 2.45) is 5.73 Å². The zero-order valence-electron chi connectivity index (χ0n) is 11.7. The standard InChI is InChI=1S/C17H20FNO/c1-13(19)17-15(18)10-5-11-16(17)20-12-6-9-14-7-3-2-4-8-14/h2-5,7-8,10-11,13H,6,9,12,19H2,1H3/t13-/m0/s1. The lowest BCUT2D eigenvalue weighted by Gasteiger charge is -2.14. The summed E-state index contributed by atoms with van der Waals surface area (Å²) >= 11 is 0. The van der Waals surface area contributed by atoms with Crippen LogP contribution in [0.3, 0.4) is 0 Å². The number of hydrogen-bond acceptors (Lipinski definition) is 2. The van der Waals surface area contributed by atoms with Gasteiger partial charge >= 0.3 is 0 Å². The summed E-state index contributed by atoms with van der Waals surface area (Å²) in [5.41, 5.74) is 7.52. The van der Waals surface area contributed by atoms with Crippen LogP contribution in [0.5, 0.6) is 5.75 Å². The van der Waals surface area contributed by atoms with Crippen molar-refractivity contribution in [2.45, 2.75) is 25.8 Å². The van der Waals surface area contributed by atoms with Crippen LogP contribution in [0.2, 0.25) is 0 Å². The number of benzene rings is 2. The highest BCUT2D eigenvalue weighted by Gasteiger charge is 2.13. The molecule has 2 rings (SSSR count). The van der Waals surface area contributed by atoms with Crippen molar-refractivity contribution < 1.29 is 9.13 Å². The van der Waals surface area contributed by atoms with Crippen molar-refractivity contribution in [3.63, 3.8) is 0 Å². The van der Waals surface area contributed by atoms with E-state index in [-0.39, 0.29) is 11.9 Å². The first-order chi connectivity index (χ1) is 9.68. The van der Waals surface area contributed by atoms with Gasteiger partial charge in [0.15, 0.2) is 0 Å². The third-order valence-electron chi connectivity index (χ3n) is 3.18. The molecule has 2 nitrogen and oxygen atoms in total. The summed E-state index contributed by atoms with van der Waals surface area (Å²) in [6.45, 7) is 2.31. The van der Waals surface area contributed by atoms with Crippen molar-refractivity contribution in [1.82, 2.24) is 0 Å². The molecule has 0 saturated carbocycles. The number of aryl methyl sites for hydroxylation is 1. The first kappa shape index (κ1) is 14.5. The molecule has 0 heterocycles. The molecule has 20 heavy (non-hydrogen) atoms. The Morgan fingerprint density at radius 3 is 2.55 bits per heavy atom. The van der Waals surface area contributed by atoms with E-state index in [1.54, 1.807) is 19.1 Å². The molecule has 0 saturated heterocycles. The van der Waals surface area contributed by atoms with Crippen LogP contribution in [0, 0.1) is 5.82 Å². The second-order valence-corrected chi connectivity index (χ2v) is 4.88. The van der Waals surface area contributed by atoms with Gasteiger partial charge in [0.05, 0.1) is 6.61 Å². The number of ether oxygens (including phenoxy) is 1. The highest BCUT2D eigenvalue weighted by Crippen LogP contribution is 2.26. The molecule has 0 aliphatic heterocycles. The average molecular weight is 273 g/mol. The highest BCUT2D eigenvalue weighted by molar-refractivity contribution is 5.36. The van der Waals surface area contributed by atoms with E-state index in [4.69, 9.17) is 10.5 Å². The maximum atomic E-state index is 13.7. The minimum absolute atomic E-state index is 0.305. The molecular weight excluding hydrogens is 253 g/mol. The summed E-state index contributed by atoms with van der Waals surface area (Å²) in [7, 11) is 0. The summed E-state index contributed by atoms with van der Waals surface area (Å²) in [6, 6.07) is 14.7. The molecule has 0 aliphatic rings. The van der Waals surface area contributed by atoms with E-state index < -0.39 is 0 Å². The van der Waals surface area contributed by atoms with Gasteiger partial charge in [0.2, 0.25) is 0 Å². The van der Waals surface area contributed by atoms with E-state index in [1.807, 2.05) is 18.2 Å². The molecule has 1 atom stereocenters. The van der Waals surface area contributed by atoms with Crippen LogP contribution < -0.4 is 10.5 Å². The number of hydrogen-bond donors (Lipinski definition) is 1. The Kier molecular flexibility index (Phi) is 5.13. The first-order valence-electron chi connectivity index (χ1n) is 6.89. The zero-order chi connectivity index (χ0) is 14.4. The molecule has 0 fully saturated rings. The lowest BCUT2D eigenvalue weighted by Crippen LogP contribution is -2.11. The molecule has 0 amide bonds. The van der Waals surface area contributed by atoms with Crippen molar-refractivity contribution in [3.8, 4) is 5.75 Å². The van der Waals surface area contributed by atoms with Crippen molar-refractivity contribution in [1.29, 1.82) is 0 Å². The maximum absolute atomic E-state index is 13.7. The number of rotatable bonds is 6. The van der Waals surface area contributed by atoms with Crippen LogP contribution in [0.15, 0.2) is 48.5 Å². The Morgan fingerprint density at radius 2 is 1.85 bits per heavy atom. The van der Waals surface area contributed by atoms with E-state index in [0.717, 1.165) is 12.8 Å². The van der Waals surface area contributed by atoms with Gasteiger partial charge in [-0.25, -0.2) is 4.39 Å². The fourth-order valence-electron chi connectivity index (χ4n) is 2.19. The van der Waals surface area contributed by atoms with Gasteiger partial charge in [-0.2, -0.15) is 0 Å². The summed E-state index contributed by atoms with van der Waals surface area (Å²) in [6.07, 6.45) is 1.84. The summed E-state index contributed by atoms with van der Waals surface area (Å²) < 4.78 is 19.4. The second kappa shape index (κ2) is 7.06. The predicted molar refractivity (Wildman–Crippen MR) is 79.3 cm³/mol. The summed E-state index contributed by atoms with van der Waals surface area (Å²) in [4.78, 5) is 0. The third kappa shape index (κ3) is 3.81. The first-order valence-corrected chi connectivity index (χ1v) is 6.89. The number of halogens is 1. The molecule has 2 aromatic carbocycles.